The molecule has 0 aliphatic carbocycles. The molecule has 1 heterocycles. The third-order valence-corrected chi connectivity index (χ3v) is 3.03. The molecule has 1 aromatic heterocycles. The zero-order valence-electron chi connectivity index (χ0n) is 10.5. The largest absolute Gasteiger partial charge is 0.472 e. The van der Waals surface area contributed by atoms with Gasteiger partial charge in [-0.05, 0) is 29.8 Å². The van der Waals surface area contributed by atoms with E-state index >= 15 is 0 Å². The predicted molar refractivity (Wildman–Crippen MR) is 72.4 cm³/mol. The summed E-state index contributed by atoms with van der Waals surface area (Å²) in [4.78, 5) is 3.37. The first kappa shape index (κ1) is 15.3. The van der Waals surface area contributed by atoms with Crippen molar-refractivity contribution >= 4 is 15.9 Å². The molecule has 0 fully saturated rings. The maximum atomic E-state index is 12.6. The Labute approximate surface area is 127 Å². The Balaban J connectivity index is 2.24. The summed E-state index contributed by atoms with van der Waals surface area (Å²) in [7, 11) is 0. The van der Waals surface area contributed by atoms with Gasteiger partial charge in [0.1, 0.15) is 23.9 Å². The van der Waals surface area contributed by atoms with Gasteiger partial charge >= 0.3 is 6.18 Å². The van der Waals surface area contributed by atoms with E-state index in [2.05, 4.69) is 20.9 Å². The van der Waals surface area contributed by atoms with E-state index < -0.39 is 11.9 Å². The first-order valence-electron chi connectivity index (χ1n) is 5.76. The van der Waals surface area contributed by atoms with Gasteiger partial charge in [-0.3, -0.25) is 0 Å². The molecule has 0 saturated carbocycles. The van der Waals surface area contributed by atoms with Gasteiger partial charge in [-0.25, -0.2) is 4.98 Å². The van der Waals surface area contributed by atoms with Crippen molar-refractivity contribution in [1.29, 1.82) is 5.26 Å². The zero-order chi connectivity index (χ0) is 15.5. The highest BCUT2D eigenvalue weighted by Crippen LogP contribution is 2.30. The smallest absolute Gasteiger partial charge is 0.433 e. The van der Waals surface area contributed by atoms with Crippen molar-refractivity contribution < 1.29 is 17.9 Å². The number of rotatable bonds is 3. The van der Waals surface area contributed by atoms with E-state index in [0.29, 0.717) is 0 Å². The molecule has 0 radical (unpaired) electrons. The average molecular weight is 357 g/mol. The number of ether oxygens (including phenoxy) is 1. The lowest BCUT2D eigenvalue weighted by Crippen LogP contribution is -2.10. The number of aromatic nitrogens is 1. The topological polar surface area (TPSA) is 45.9 Å². The minimum atomic E-state index is -4.58. The van der Waals surface area contributed by atoms with Gasteiger partial charge in [-0.15, -0.1) is 0 Å². The molecule has 0 aliphatic rings. The lowest BCUT2D eigenvalue weighted by molar-refractivity contribution is -0.141. The Bertz CT molecular complexity index is 695. The summed E-state index contributed by atoms with van der Waals surface area (Å²) in [6.07, 6.45) is -4.58. The number of benzene rings is 1. The molecule has 3 nitrogen and oxygen atoms in total. The second kappa shape index (κ2) is 6.14. The highest BCUT2D eigenvalue weighted by Gasteiger charge is 2.33. The Kier molecular flexibility index (Phi) is 4.48. The highest BCUT2D eigenvalue weighted by atomic mass is 79.9. The number of nitrogens with zero attached hydrogens (tertiary/aromatic N) is 2. The summed E-state index contributed by atoms with van der Waals surface area (Å²) in [5.74, 6) is -0.327. The fourth-order valence-corrected chi connectivity index (χ4v) is 2.02. The Hall–Kier alpha value is -2.07. The van der Waals surface area contributed by atoms with Gasteiger partial charge < -0.3 is 4.74 Å². The summed E-state index contributed by atoms with van der Waals surface area (Å²) in [5.41, 5.74) is -0.392. The lowest BCUT2D eigenvalue weighted by Gasteiger charge is -2.10. The maximum absolute atomic E-state index is 12.6. The maximum Gasteiger partial charge on any atom is 0.433 e. The van der Waals surface area contributed by atoms with Crippen LogP contribution in [-0.2, 0) is 12.8 Å². The first-order valence-corrected chi connectivity index (χ1v) is 6.55. The van der Waals surface area contributed by atoms with Crippen LogP contribution in [0.15, 0.2) is 40.9 Å². The summed E-state index contributed by atoms with van der Waals surface area (Å²) >= 11 is 3.28. The third-order valence-electron chi connectivity index (χ3n) is 2.54. The highest BCUT2D eigenvalue weighted by molar-refractivity contribution is 9.10. The van der Waals surface area contributed by atoms with E-state index in [1.165, 1.54) is 0 Å². The summed E-state index contributed by atoms with van der Waals surface area (Å²) in [6.45, 7) is 0.0163. The Morgan fingerprint density at radius 2 is 2.00 bits per heavy atom. The van der Waals surface area contributed by atoms with E-state index in [0.717, 1.165) is 22.2 Å². The lowest BCUT2D eigenvalue weighted by atomic mass is 10.2. The molecule has 108 valence electrons. The molecule has 0 atom stereocenters. The molecule has 0 spiro atoms. The standard InChI is InChI=1S/C14H8BrF3N2O/c15-11-3-1-2-9(6-11)8-21-13-10(7-19)4-5-12(20-13)14(16,17)18/h1-6H,8H2. The molecule has 7 heteroatoms. The van der Waals surface area contributed by atoms with E-state index in [1.54, 1.807) is 24.3 Å². The average Bonchev–Trinajstić information content (AvgIpc) is 2.44. The number of nitriles is 1. The zero-order valence-corrected chi connectivity index (χ0v) is 12.1. The van der Waals surface area contributed by atoms with Crippen LogP contribution in [0.25, 0.3) is 0 Å². The van der Waals surface area contributed by atoms with Gasteiger partial charge in [0.2, 0.25) is 5.88 Å². The van der Waals surface area contributed by atoms with Crippen LogP contribution in [0.2, 0.25) is 0 Å². The molecule has 0 saturated heterocycles. The minimum absolute atomic E-state index is 0.0163. The molecule has 2 rings (SSSR count). The molecule has 2 aromatic rings. The Morgan fingerprint density at radius 1 is 1.24 bits per heavy atom. The normalized spacial score (nSPS) is 11.0. The van der Waals surface area contributed by atoms with Gasteiger partial charge in [-0.2, -0.15) is 18.4 Å². The van der Waals surface area contributed by atoms with E-state index in [9.17, 15) is 13.2 Å². The van der Waals surface area contributed by atoms with Crippen LogP contribution < -0.4 is 4.74 Å². The summed E-state index contributed by atoms with van der Waals surface area (Å²) in [6, 6.07) is 10.7. The van der Waals surface area contributed by atoms with Crippen molar-refractivity contribution in [1.82, 2.24) is 4.98 Å². The SMILES string of the molecule is N#Cc1ccc(C(F)(F)F)nc1OCc1cccc(Br)c1. The molecule has 21 heavy (non-hydrogen) atoms. The van der Waals surface area contributed by atoms with Crippen LogP contribution in [0.3, 0.4) is 0 Å². The molecule has 0 unspecified atom stereocenters. The Morgan fingerprint density at radius 3 is 2.62 bits per heavy atom. The van der Waals surface area contributed by atoms with Crippen molar-refractivity contribution in [2.45, 2.75) is 12.8 Å². The van der Waals surface area contributed by atoms with Crippen LogP contribution in [0.4, 0.5) is 13.2 Å². The van der Waals surface area contributed by atoms with Gasteiger partial charge in [0.05, 0.1) is 0 Å². The van der Waals surface area contributed by atoms with Crippen LogP contribution >= 0.6 is 15.9 Å². The fraction of sp³-hybridized carbons (Fsp3) is 0.143. The predicted octanol–water partition coefficient (Wildman–Crippen LogP) is 4.31. The summed E-state index contributed by atoms with van der Waals surface area (Å²) < 4.78 is 43.9. The number of alkyl halides is 3. The van der Waals surface area contributed by atoms with Crippen LogP contribution in [0.1, 0.15) is 16.8 Å². The second-order valence-corrected chi connectivity index (χ2v) is 4.99. The van der Waals surface area contributed by atoms with E-state index in [1.807, 2.05) is 6.07 Å². The van der Waals surface area contributed by atoms with Gasteiger partial charge in [-0.1, -0.05) is 28.1 Å². The van der Waals surface area contributed by atoms with Gasteiger partial charge in [0.15, 0.2) is 0 Å². The first-order chi connectivity index (χ1) is 9.90. The molecular formula is C14H8BrF3N2O. The van der Waals surface area contributed by atoms with E-state index in [4.69, 9.17) is 10.00 Å². The van der Waals surface area contributed by atoms with Crippen LogP contribution in [0, 0.1) is 11.3 Å². The van der Waals surface area contributed by atoms with Crippen LogP contribution in [0.5, 0.6) is 5.88 Å². The quantitative estimate of drug-likeness (QED) is 0.822. The molecule has 0 bridgehead atoms. The monoisotopic (exact) mass is 356 g/mol. The molecule has 0 amide bonds. The van der Waals surface area contributed by atoms with Crippen molar-refractivity contribution in [2.24, 2.45) is 0 Å². The molecule has 1 aromatic carbocycles. The molecule has 0 N–H and O–H groups in total. The van der Waals surface area contributed by atoms with Crippen LogP contribution in [-0.4, -0.2) is 4.98 Å². The van der Waals surface area contributed by atoms with E-state index in [-0.39, 0.29) is 18.1 Å². The summed E-state index contributed by atoms with van der Waals surface area (Å²) in [5, 5.41) is 8.89. The molecular weight excluding hydrogens is 349 g/mol. The number of hydrogen-bond donors (Lipinski definition) is 0. The number of hydrogen-bond acceptors (Lipinski definition) is 3. The van der Waals surface area contributed by atoms with Gasteiger partial charge in [0.25, 0.3) is 0 Å². The van der Waals surface area contributed by atoms with Crippen molar-refractivity contribution in [3.63, 3.8) is 0 Å². The van der Waals surface area contributed by atoms with Gasteiger partial charge in [0, 0.05) is 4.47 Å². The molecule has 0 aliphatic heterocycles. The minimum Gasteiger partial charge on any atom is -0.472 e. The number of halogens is 4. The fourth-order valence-electron chi connectivity index (χ4n) is 1.57. The number of pyridine rings is 1. The van der Waals surface area contributed by atoms with Crippen molar-refractivity contribution in [2.75, 3.05) is 0 Å². The van der Waals surface area contributed by atoms with Crippen molar-refractivity contribution in [3.8, 4) is 11.9 Å². The second-order valence-electron chi connectivity index (χ2n) is 4.08. The third kappa shape index (κ3) is 3.95. The van der Waals surface area contributed by atoms with Crippen molar-refractivity contribution in [3.05, 3.63) is 57.7 Å².